The first-order valence-electron chi connectivity index (χ1n) is 7.16. The third-order valence-electron chi connectivity index (χ3n) is 3.46. The molecule has 1 N–H and O–H groups in total. The normalized spacial score (nSPS) is 11.4. The Hall–Kier alpha value is -2.93. The van der Waals surface area contributed by atoms with Crippen molar-refractivity contribution in [2.75, 3.05) is 5.32 Å². The molecule has 0 atom stereocenters. The van der Waals surface area contributed by atoms with E-state index in [4.69, 9.17) is 5.26 Å². The lowest BCUT2D eigenvalue weighted by atomic mass is 10.2. The van der Waals surface area contributed by atoms with E-state index in [1.807, 2.05) is 6.07 Å². The van der Waals surface area contributed by atoms with Gasteiger partial charge in [-0.2, -0.15) is 23.5 Å². The van der Waals surface area contributed by atoms with Crippen LogP contribution in [0.3, 0.4) is 0 Å². The molecule has 132 valence electrons. The third kappa shape index (κ3) is 3.13. The first kappa shape index (κ1) is 17.9. The van der Waals surface area contributed by atoms with Gasteiger partial charge in [0.2, 0.25) is 0 Å². The van der Waals surface area contributed by atoms with Crippen LogP contribution >= 0.6 is 15.9 Å². The number of carbonyl (C=O) groups is 1. The van der Waals surface area contributed by atoms with E-state index in [2.05, 4.69) is 31.3 Å². The number of amides is 1. The minimum Gasteiger partial charge on any atom is -0.319 e. The van der Waals surface area contributed by atoms with Crippen molar-refractivity contribution in [3.63, 3.8) is 0 Å². The fourth-order valence-corrected chi connectivity index (χ4v) is 2.85. The van der Waals surface area contributed by atoms with Gasteiger partial charge in [-0.25, -0.2) is 9.50 Å². The highest BCUT2D eigenvalue weighted by atomic mass is 79.9. The number of nitriles is 1. The van der Waals surface area contributed by atoms with Crippen molar-refractivity contribution in [3.05, 3.63) is 57.4 Å². The van der Waals surface area contributed by atoms with Gasteiger partial charge in [-0.3, -0.25) is 4.79 Å². The summed E-state index contributed by atoms with van der Waals surface area (Å²) in [5.41, 5.74) is -0.878. The number of aromatic nitrogens is 3. The summed E-state index contributed by atoms with van der Waals surface area (Å²) in [5.74, 6) is -0.768. The van der Waals surface area contributed by atoms with Gasteiger partial charge in [-0.1, -0.05) is 12.1 Å². The fraction of sp³-hybridized carbons (Fsp3) is 0.125. The van der Waals surface area contributed by atoms with Gasteiger partial charge in [-0.15, -0.1) is 0 Å². The first-order chi connectivity index (χ1) is 12.2. The lowest BCUT2D eigenvalue weighted by molar-refractivity contribution is -0.142. The Balaban J connectivity index is 2.10. The fourth-order valence-electron chi connectivity index (χ4n) is 2.33. The Morgan fingerprint density at radius 3 is 2.69 bits per heavy atom. The molecule has 1 aromatic carbocycles. The molecule has 0 bridgehead atoms. The molecule has 6 nitrogen and oxygen atoms in total. The lowest BCUT2D eigenvalue weighted by Crippen LogP contribution is -2.16. The molecule has 1 amide bonds. The van der Waals surface area contributed by atoms with Gasteiger partial charge in [0.25, 0.3) is 5.91 Å². The Kier molecular flexibility index (Phi) is 4.41. The minimum absolute atomic E-state index is 0.0265. The van der Waals surface area contributed by atoms with Crippen LogP contribution < -0.4 is 5.32 Å². The number of carbonyl (C=O) groups excluding carboxylic acids is 1. The second-order valence-corrected chi connectivity index (χ2v) is 6.08. The van der Waals surface area contributed by atoms with Crippen molar-refractivity contribution in [1.29, 1.82) is 5.26 Å². The Bertz CT molecular complexity index is 1070. The summed E-state index contributed by atoms with van der Waals surface area (Å²) in [7, 11) is 0. The second-order valence-electron chi connectivity index (χ2n) is 5.29. The molecular weight excluding hydrogens is 415 g/mol. The summed E-state index contributed by atoms with van der Waals surface area (Å²) in [4.78, 5) is 16.5. The maximum Gasteiger partial charge on any atom is 0.433 e. The molecule has 10 heteroatoms. The van der Waals surface area contributed by atoms with Crippen LogP contribution in [0, 0.1) is 18.3 Å². The second kappa shape index (κ2) is 6.42. The maximum absolute atomic E-state index is 13.2. The molecule has 2 heterocycles. The van der Waals surface area contributed by atoms with Gasteiger partial charge in [0.1, 0.15) is 11.8 Å². The Labute approximate surface area is 153 Å². The largest absolute Gasteiger partial charge is 0.433 e. The average molecular weight is 424 g/mol. The van der Waals surface area contributed by atoms with Crippen molar-refractivity contribution >= 4 is 33.2 Å². The van der Waals surface area contributed by atoms with Crippen LogP contribution in [0.25, 0.3) is 5.65 Å². The van der Waals surface area contributed by atoms with Gasteiger partial charge >= 0.3 is 6.18 Å². The minimum atomic E-state index is -4.67. The Morgan fingerprint density at radius 2 is 2.04 bits per heavy atom. The molecule has 0 saturated heterocycles. The van der Waals surface area contributed by atoms with Crippen LogP contribution in [-0.2, 0) is 6.18 Å². The molecule has 3 rings (SSSR count). The summed E-state index contributed by atoms with van der Waals surface area (Å²) < 4.78 is 40.3. The van der Waals surface area contributed by atoms with Crippen LogP contribution in [0.15, 0.2) is 34.8 Å². The number of halogens is 4. The monoisotopic (exact) mass is 423 g/mol. The van der Waals surface area contributed by atoms with E-state index < -0.39 is 17.8 Å². The number of hydrogen-bond acceptors (Lipinski definition) is 4. The highest BCUT2D eigenvalue weighted by molar-refractivity contribution is 9.10. The molecular formula is C16H9BrF3N5O. The highest BCUT2D eigenvalue weighted by Crippen LogP contribution is 2.32. The van der Waals surface area contributed by atoms with Crippen LogP contribution in [0.2, 0.25) is 0 Å². The summed E-state index contributed by atoms with van der Waals surface area (Å²) >= 11 is 3.10. The summed E-state index contributed by atoms with van der Waals surface area (Å²) in [5, 5.41) is 15.3. The van der Waals surface area contributed by atoms with Crippen molar-refractivity contribution < 1.29 is 18.0 Å². The lowest BCUT2D eigenvalue weighted by Gasteiger charge is -2.09. The van der Waals surface area contributed by atoms with E-state index in [-0.39, 0.29) is 32.8 Å². The molecule has 0 saturated carbocycles. The van der Waals surface area contributed by atoms with Crippen LogP contribution in [0.4, 0.5) is 18.9 Å². The number of alkyl halides is 3. The maximum atomic E-state index is 13.2. The number of anilines is 1. The molecule has 0 fully saturated rings. The van der Waals surface area contributed by atoms with Gasteiger partial charge in [0, 0.05) is 5.69 Å². The van der Waals surface area contributed by atoms with Gasteiger partial charge < -0.3 is 5.32 Å². The summed E-state index contributed by atoms with van der Waals surface area (Å²) in [6, 6.07) is 9.00. The van der Waals surface area contributed by atoms with Crippen LogP contribution in [0.1, 0.15) is 27.4 Å². The van der Waals surface area contributed by atoms with E-state index in [1.54, 1.807) is 12.1 Å². The van der Waals surface area contributed by atoms with Gasteiger partial charge in [0.15, 0.2) is 11.3 Å². The van der Waals surface area contributed by atoms with Crippen LogP contribution in [-0.4, -0.2) is 20.5 Å². The summed E-state index contributed by atoms with van der Waals surface area (Å²) in [6.07, 6.45) is -4.67. The standard InChI is InChI=1S/C16H9BrF3N5O/c1-8-6-11(16(18,19)20)25-14(22-8)12(17)13(24-25)15(26)23-10-5-3-2-4-9(10)7-21/h2-6H,1H3,(H,23,26). The number of fused-ring (bicyclic) bond motifs is 1. The molecule has 0 unspecified atom stereocenters. The summed E-state index contributed by atoms with van der Waals surface area (Å²) in [6.45, 7) is 1.41. The van der Waals surface area contributed by atoms with Gasteiger partial charge in [0.05, 0.1) is 15.7 Å². The van der Waals surface area contributed by atoms with E-state index >= 15 is 0 Å². The predicted octanol–water partition coefficient (Wildman–Crippen LogP) is 3.94. The number of nitrogens with zero attached hydrogens (tertiary/aromatic N) is 4. The van der Waals surface area contributed by atoms with E-state index in [0.717, 1.165) is 6.07 Å². The zero-order chi connectivity index (χ0) is 19.1. The third-order valence-corrected chi connectivity index (χ3v) is 4.19. The topological polar surface area (TPSA) is 83.1 Å². The average Bonchev–Trinajstić information content (AvgIpc) is 2.91. The molecule has 0 aliphatic heterocycles. The van der Waals surface area contributed by atoms with E-state index in [1.165, 1.54) is 19.1 Å². The van der Waals surface area contributed by atoms with Crippen molar-refractivity contribution in [1.82, 2.24) is 14.6 Å². The zero-order valence-corrected chi connectivity index (χ0v) is 14.7. The molecule has 0 aliphatic carbocycles. The van der Waals surface area contributed by atoms with E-state index in [9.17, 15) is 18.0 Å². The van der Waals surface area contributed by atoms with Crippen molar-refractivity contribution in [2.45, 2.75) is 13.1 Å². The molecule has 0 radical (unpaired) electrons. The van der Waals surface area contributed by atoms with Crippen molar-refractivity contribution in [3.8, 4) is 6.07 Å². The number of benzene rings is 1. The number of hydrogen-bond donors (Lipinski definition) is 1. The van der Waals surface area contributed by atoms with E-state index in [0.29, 0.717) is 4.52 Å². The van der Waals surface area contributed by atoms with Crippen molar-refractivity contribution in [2.24, 2.45) is 0 Å². The smallest absolute Gasteiger partial charge is 0.319 e. The number of nitrogens with one attached hydrogen (secondary N) is 1. The molecule has 26 heavy (non-hydrogen) atoms. The number of para-hydroxylation sites is 1. The Morgan fingerprint density at radius 1 is 1.35 bits per heavy atom. The number of aryl methyl sites for hydroxylation is 1. The zero-order valence-electron chi connectivity index (χ0n) is 13.1. The molecule has 0 spiro atoms. The van der Waals surface area contributed by atoms with Crippen LogP contribution in [0.5, 0.6) is 0 Å². The molecule has 3 aromatic rings. The highest BCUT2D eigenvalue weighted by Gasteiger charge is 2.36. The molecule has 0 aliphatic rings. The SMILES string of the molecule is Cc1cc(C(F)(F)F)n2nc(C(=O)Nc3ccccc3C#N)c(Br)c2n1. The predicted molar refractivity (Wildman–Crippen MR) is 89.5 cm³/mol. The van der Waals surface area contributed by atoms with Gasteiger partial charge in [-0.05, 0) is 41.1 Å². The molecule has 2 aromatic heterocycles. The quantitative estimate of drug-likeness (QED) is 0.676. The first-order valence-corrected chi connectivity index (χ1v) is 7.95. The number of rotatable bonds is 2.